The first kappa shape index (κ1) is 22.9. The minimum absolute atomic E-state index is 0.0932. The number of esters is 1. The van der Waals surface area contributed by atoms with E-state index in [1.807, 2.05) is 51.1 Å². The fraction of sp³-hybridized carbons (Fsp3) is 0.240. The molecule has 0 unspecified atom stereocenters. The quantitative estimate of drug-likeness (QED) is 0.259. The van der Waals surface area contributed by atoms with E-state index in [0.717, 1.165) is 27.5 Å². The van der Waals surface area contributed by atoms with E-state index in [1.165, 1.54) is 16.3 Å². The summed E-state index contributed by atoms with van der Waals surface area (Å²) in [5, 5.41) is 12.9. The van der Waals surface area contributed by atoms with Crippen LogP contribution in [0.25, 0.3) is 16.7 Å². The minimum atomic E-state index is -0.464. The van der Waals surface area contributed by atoms with Crippen molar-refractivity contribution in [2.24, 2.45) is 7.05 Å². The number of hydrogen-bond donors (Lipinski definition) is 0. The van der Waals surface area contributed by atoms with Crippen molar-refractivity contribution in [3.63, 3.8) is 0 Å². The molecule has 0 bridgehead atoms. The topological polar surface area (TPSA) is 105 Å². The van der Waals surface area contributed by atoms with Crippen LogP contribution >= 0.6 is 11.8 Å². The number of nitrogens with zero attached hydrogens (tertiary/aromatic N) is 5. The summed E-state index contributed by atoms with van der Waals surface area (Å²) in [5.74, 6) is 1.74. The van der Waals surface area contributed by atoms with Crippen LogP contribution in [0.2, 0.25) is 0 Å². The fourth-order valence-electron chi connectivity index (χ4n) is 3.98. The Balaban J connectivity index is 1.41. The highest BCUT2D eigenvalue weighted by Gasteiger charge is 2.19. The van der Waals surface area contributed by atoms with Gasteiger partial charge in [-0.15, -0.1) is 22.0 Å². The monoisotopic (exact) mass is 489 g/mol. The van der Waals surface area contributed by atoms with E-state index in [9.17, 15) is 9.59 Å². The Hall–Kier alpha value is -3.92. The molecule has 0 aliphatic heterocycles. The Morgan fingerprint density at radius 3 is 2.69 bits per heavy atom. The molecule has 9 nitrogen and oxygen atoms in total. The third-order valence-corrected chi connectivity index (χ3v) is 7.03. The molecule has 0 atom stereocenters. The van der Waals surface area contributed by atoms with Gasteiger partial charge in [0, 0.05) is 23.3 Å². The van der Waals surface area contributed by atoms with E-state index in [1.54, 1.807) is 23.6 Å². The molecule has 0 radical (unpaired) electrons. The normalized spacial score (nSPS) is 11.4. The summed E-state index contributed by atoms with van der Waals surface area (Å²) in [6.45, 7) is 5.61. The SMILES string of the molecule is Cc1ccc2c(c1)c(=O)n(C)c1nnc(COC(=O)c3ccccc3SCc3c(C)noc3C)n21. The lowest BCUT2D eigenvalue weighted by Gasteiger charge is -2.10. The number of fused-ring (bicyclic) bond motifs is 3. The first-order valence-corrected chi connectivity index (χ1v) is 12.0. The first-order valence-electron chi connectivity index (χ1n) is 11.0. The molecule has 0 amide bonds. The largest absolute Gasteiger partial charge is 0.454 e. The van der Waals surface area contributed by atoms with Gasteiger partial charge in [-0.05, 0) is 45.0 Å². The predicted molar refractivity (Wildman–Crippen MR) is 132 cm³/mol. The molecule has 5 aromatic rings. The highest BCUT2D eigenvalue weighted by Crippen LogP contribution is 2.29. The summed E-state index contributed by atoms with van der Waals surface area (Å²) < 4.78 is 14.1. The third-order valence-electron chi connectivity index (χ3n) is 5.93. The third kappa shape index (κ3) is 4.10. The van der Waals surface area contributed by atoms with Gasteiger partial charge < -0.3 is 9.26 Å². The Kier molecular flexibility index (Phi) is 5.89. The zero-order valence-electron chi connectivity index (χ0n) is 19.7. The molecule has 0 N–H and O–H groups in total. The van der Waals surface area contributed by atoms with Crippen LogP contribution in [0.15, 0.2) is 56.7 Å². The smallest absolute Gasteiger partial charge is 0.339 e. The van der Waals surface area contributed by atoms with Crippen LogP contribution in [0.5, 0.6) is 0 Å². The van der Waals surface area contributed by atoms with Gasteiger partial charge in [0.05, 0.1) is 22.2 Å². The molecule has 10 heteroatoms. The number of thioether (sulfide) groups is 1. The summed E-state index contributed by atoms with van der Waals surface area (Å²) in [7, 11) is 1.65. The number of aryl methyl sites for hydroxylation is 4. The molecule has 3 aromatic heterocycles. The Labute approximate surface area is 204 Å². The molecule has 0 saturated carbocycles. The molecule has 35 heavy (non-hydrogen) atoms. The van der Waals surface area contributed by atoms with Crippen molar-refractivity contribution < 1.29 is 14.1 Å². The highest BCUT2D eigenvalue weighted by molar-refractivity contribution is 7.98. The molecule has 0 saturated heterocycles. The number of benzene rings is 2. The fourth-order valence-corrected chi connectivity index (χ4v) is 5.17. The van der Waals surface area contributed by atoms with Gasteiger partial charge in [-0.2, -0.15) is 0 Å². The molecule has 5 rings (SSSR count). The second kappa shape index (κ2) is 9.03. The van der Waals surface area contributed by atoms with Crippen molar-refractivity contribution >= 4 is 34.4 Å². The number of carbonyl (C=O) groups excluding carboxylic acids is 1. The van der Waals surface area contributed by atoms with Crippen LogP contribution in [-0.2, 0) is 24.1 Å². The number of rotatable bonds is 6. The van der Waals surface area contributed by atoms with Crippen molar-refractivity contribution in [1.29, 1.82) is 0 Å². The van der Waals surface area contributed by atoms with Gasteiger partial charge in [0.1, 0.15) is 5.76 Å². The van der Waals surface area contributed by atoms with Crippen LogP contribution in [-0.4, -0.2) is 30.3 Å². The van der Waals surface area contributed by atoms with Crippen molar-refractivity contribution in [1.82, 2.24) is 24.3 Å². The van der Waals surface area contributed by atoms with Gasteiger partial charge in [0.25, 0.3) is 5.56 Å². The Morgan fingerprint density at radius 1 is 1.11 bits per heavy atom. The van der Waals surface area contributed by atoms with E-state index in [2.05, 4.69) is 15.4 Å². The maximum atomic E-state index is 13.0. The van der Waals surface area contributed by atoms with Gasteiger partial charge in [0.2, 0.25) is 5.78 Å². The molecular formula is C25H23N5O4S. The van der Waals surface area contributed by atoms with E-state index in [4.69, 9.17) is 9.26 Å². The van der Waals surface area contributed by atoms with Crippen molar-refractivity contribution in [3.05, 3.63) is 86.8 Å². The Bertz CT molecular complexity index is 1630. The van der Waals surface area contributed by atoms with E-state index in [-0.39, 0.29) is 12.2 Å². The highest BCUT2D eigenvalue weighted by atomic mass is 32.2. The van der Waals surface area contributed by atoms with Crippen LogP contribution in [0.1, 0.15) is 38.8 Å². The molecule has 0 fully saturated rings. The molecular weight excluding hydrogens is 466 g/mol. The summed E-state index contributed by atoms with van der Waals surface area (Å²) in [6, 6.07) is 12.9. The van der Waals surface area contributed by atoms with Gasteiger partial charge in [0.15, 0.2) is 12.4 Å². The van der Waals surface area contributed by atoms with Crippen molar-refractivity contribution in [2.75, 3.05) is 0 Å². The van der Waals surface area contributed by atoms with Gasteiger partial charge in [-0.3, -0.25) is 13.8 Å². The van der Waals surface area contributed by atoms with Crippen LogP contribution < -0.4 is 5.56 Å². The lowest BCUT2D eigenvalue weighted by atomic mass is 10.1. The van der Waals surface area contributed by atoms with E-state index >= 15 is 0 Å². The lowest BCUT2D eigenvalue weighted by Crippen LogP contribution is -2.20. The minimum Gasteiger partial charge on any atom is -0.454 e. The van der Waals surface area contributed by atoms with Gasteiger partial charge in [-0.25, -0.2) is 4.79 Å². The molecule has 3 heterocycles. The lowest BCUT2D eigenvalue weighted by molar-refractivity contribution is 0.0457. The van der Waals surface area contributed by atoms with Crippen molar-refractivity contribution in [2.45, 2.75) is 38.0 Å². The summed E-state index contributed by atoms with van der Waals surface area (Å²) in [5.41, 5.74) is 3.80. The molecule has 0 aliphatic carbocycles. The maximum absolute atomic E-state index is 13.0. The number of aromatic nitrogens is 5. The first-order chi connectivity index (χ1) is 16.8. The molecule has 0 aliphatic rings. The maximum Gasteiger partial charge on any atom is 0.339 e. The summed E-state index contributed by atoms with van der Waals surface area (Å²) >= 11 is 1.52. The average molecular weight is 490 g/mol. The molecule has 178 valence electrons. The van der Waals surface area contributed by atoms with Crippen molar-refractivity contribution in [3.8, 4) is 0 Å². The molecule has 2 aromatic carbocycles. The number of hydrogen-bond acceptors (Lipinski definition) is 8. The standard InChI is InChI=1S/C25H23N5O4S/c1-14-9-10-20-18(11-14)23(31)29(4)25-27-26-22(30(20)25)12-33-24(32)17-7-5-6-8-21(17)35-13-19-15(2)28-34-16(19)3/h5-11H,12-13H2,1-4H3. The number of carbonyl (C=O) groups is 1. The van der Waals surface area contributed by atoms with Gasteiger partial charge >= 0.3 is 5.97 Å². The zero-order chi connectivity index (χ0) is 24.7. The van der Waals surface area contributed by atoms with Crippen LogP contribution in [0.4, 0.5) is 0 Å². The molecule has 0 spiro atoms. The van der Waals surface area contributed by atoms with Crippen LogP contribution in [0.3, 0.4) is 0 Å². The zero-order valence-corrected chi connectivity index (χ0v) is 20.5. The van der Waals surface area contributed by atoms with E-state index < -0.39 is 5.97 Å². The van der Waals surface area contributed by atoms with Crippen LogP contribution in [0, 0.1) is 20.8 Å². The Morgan fingerprint density at radius 2 is 1.91 bits per heavy atom. The van der Waals surface area contributed by atoms with E-state index in [0.29, 0.717) is 33.8 Å². The summed E-state index contributed by atoms with van der Waals surface area (Å²) in [4.78, 5) is 26.6. The number of ether oxygens (including phenoxy) is 1. The predicted octanol–water partition coefficient (Wildman–Crippen LogP) is 4.14. The second-order valence-electron chi connectivity index (χ2n) is 8.30. The summed E-state index contributed by atoms with van der Waals surface area (Å²) in [6.07, 6.45) is 0. The van der Waals surface area contributed by atoms with Gasteiger partial charge in [-0.1, -0.05) is 28.9 Å². The average Bonchev–Trinajstić information content (AvgIpc) is 3.42. The second-order valence-corrected chi connectivity index (χ2v) is 9.32.